The van der Waals surface area contributed by atoms with Crippen molar-refractivity contribution in [1.29, 1.82) is 0 Å². The summed E-state index contributed by atoms with van der Waals surface area (Å²) in [4.78, 5) is 22.3. The second-order valence-corrected chi connectivity index (χ2v) is 5.09. The third-order valence-electron chi connectivity index (χ3n) is 3.33. The highest BCUT2D eigenvalue weighted by Gasteiger charge is 2.03. The zero-order valence-electron chi connectivity index (χ0n) is 12.7. The third kappa shape index (κ3) is 5.82. The molecule has 5 heteroatoms. The molecule has 2 aromatic carbocycles. The van der Waals surface area contributed by atoms with Gasteiger partial charge in [0.2, 0.25) is 0 Å². The summed E-state index contributed by atoms with van der Waals surface area (Å²) in [6, 6.07) is 16.2. The minimum absolute atomic E-state index is 0.253. The number of hydrogen-bond acceptors (Lipinski definition) is 3. The van der Waals surface area contributed by atoms with Gasteiger partial charge in [0.15, 0.2) is 0 Å². The predicted octanol–water partition coefficient (Wildman–Crippen LogP) is 3.24. The van der Waals surface area contributed by atoms with Crippen molar-refractivity contribution in [1.82, 2.24) is 5.32 Å². The monoisotopic (exact) mass is 313 g/mol. The smallest absolute Gasteiger partial charge is 0.407 e. The SMILES string of the molecule is O=C(NCCCc1ccc(C(=O)O)cc1)OCc1ccccc1. The van der Waals surface area contributed by atoms with Gasteiger partial charge in [-0.25, -0.2) is 9.59 Å². The lowest BCUT2D eigenvalue weighted by atomic mass is 10.1. The van der Waals surface area contributed by atoms with Crippen LogP contribution < -0.4 is 5.32 Å². The second kappa shape index (κ2) is 8.58. The molecule has 0 radical (unpaired) electrons. The average Bonchev–Trinajstić information content (AvgIpc) is 2.58. The molecule has 0 aromatic heterocycles. The number of ether oxygens (including phenoxy) is 1. The van der Waals surface area contributed by atoms with E-state index in [2.05, 4.69) is 5.32 Å². The van der Waals surface area contributed by atoms with E-state index in [1.807, 2.05) is 30.3 Å². The van der Waals surface area contributed by atoms with Gasteiger partial charge < -0.3 is 15.2 Å². The van der Waals surface area contributed by atoms with Crippen molar-refractivity contribution in [2.24, 2.45) is 0 Å². The lowest BCUT2D eigenvalue weighted by molar-refractivity contribution is 0.0696. The molecule has 0 unspecified atom stereocenters. The quantitative estimate of drug-likeness (QED) is 0.769. The Labute approximate surface area is 134 Å². The Balaban J connectivity index is 1.63. The number of aryl methyl sites for hydroxylation is 1. The van der Waals surface area contributed by atoms with Crippen LogP contribution in [-0.4, -0.2) is 23.7 Å². The highest BCUT2D eigenvalue weighted by Crippen LogP contribution is 2.06. The minimum atomic E-state index is -0.931. The van der Waals surface area contributed by atoms with Gasteiger partial charge in [0.1, 0.15) is 6.61 Å². The van der Waals surface area contributed by atoms with E-state index in [0.717, 1.165) is 24.0 Å². The maximum atomic E-state index is 11.5. The summed E-state index contributed by atoms with van der Waals surface area (Å²) in [6.45, 7) is 0.762. The van der Waals surface area contributed by atoms with Crippen LogP contribution in [-0.2, 0) is 17.8 Å². The normalized spacial score (nSPS) is 10.1. The first-order valence-electron chi connectivity index (χ1n) is 7.42. The molecule has 23 heavy (non-hydrogen) atoms. The van der Waals surface area contributed by atoms with Crippen molar-refractivity contribution in [2.45, 2.75) is 19.4 Å². The fourth-order valence-corrected chi connectivity index (χ4v) is 2.07. The Morgan fingerprint density at radius 3 is 2.30 bits per heavy atom. The minimum Gasteiger partial charge on any atom is -0.478 e. The Morgan fingerprint density at radius 1 is 0.957 bits per heavy atom. The third-order valence-corrected chi connectivity index (χ3v) is 3.33. The summed E-state index contributed by atoms with van der Waals surface area (Å²) < 4.78 is 5.11. The molecule has 0 spiro atoms. The van der Waals surface area contributed by atoms with Crippen molar-refractivity contribution in [2.75, 3.05) is 6.54 Å². The van der Waals surface area contributed by atoms with Crippen molar-refractivity contribution < 1.29 is 19.4 Å². The van der Waals surface area contributed by atoms with Crippen LogP contribution in [0.2, 0.25) is 0 Å². The molecule has 0 saturated carbocycles. The number of alkyl carbamates (subject to hydrolysis) is 1. The highest BCUT2D eigenvalue weighted by atomic mass is 16.5. The predicted molar refractivity (Wildman–Crippen MR) is 86.4 cm³/mol. The van der Waals surface area contributed by atoms with Gasteiger partial charge in [-0.2, -0.15) is 0 Å². The number of aromatic carboxylic acids is 1. The molecule has 0 bridgehead atoms. The zero-order valence-corrected chi connectivity index (χ0v) is 12.7. The Hall–Kier alpha value is -2.82. The van der Waals surface area contributed by atoms with Crippen LogP contribution in [0.5, 0.6) is 0 Å². The lowest BCUT2D eigenvalue weighted by Crippen LogP contribution is -2.25. The van der Waals surface area contributed by atoms with Crippen LogP contribution in [0.15, 0.2) is 54.6 Å². The molecule has 0 atom stereocenters. The second-order valence-electron chi connectivity index (χ2n) is 5.09. The molecule has 1 amide bonds. The first-order chi connectivity index (χ1) is 11.1. The molecule has 0 aliphatic heterocycles. The molecular weight excluding hydrogens is 294 g/mol. The molecular formula is C18H19NO4. The van der Waals surface area contributed by atoms with Crippen LogP contribution in [0.25, 0.3) is 0 Å². The van der Waals surface area contributed by atoms with Crippen LogP contribution in [0.1, 0.15) is 27.9 Å². The summed E-state index contributed by atoms with van der Waals surface area (Å²) >= 11 is 0. The Kier molecular flexibility index (Phi) is 6.17. The number of benzene rings is 2. The van der Waals surface area contributed by atoms with E-state index in [4.69, 9.17) is 9.84 Å². The summed E-state index contributed by atoms with van der Waals surface area (Å²) in [6.07, 6.45) is 1.08. The number of hydrogen-bond donors (Lipinski definition) is 2. The highest BCUT2D eigenvalue weighted by molar-refractivity contribution is 5.87. The first-order valence-corrected chi connectivity index (χ1v) is 7.42. The van der Waals surface area contributed by atoms with E-state index in [9.17, 15) is 9.59 Å². The molecule has 120 valence electrons. The molecule has 0 aliphatic rings. The maximum Gasteiger partial charge on any atom is 0.407 e. The van der Waals surface area contributed by atoms with E-state index in [-0.39, 0.29) is 12.2 Å². The summed E-state index contributed by atoms with van der Waals surface area (Å²) in [5, 5.41) is 11.5. The number of rotatable bonds is 7. The largest absolute Gasteiger partial charge is 0.478 e. The number of nitrogens with one attached hydrogen (secondary N) is 1. The lowest BCUT2D eigenvalue weighted by Gasteiger charge is -2.07. The van der Waals surface area contributed by atoms with Gasteiger partial charge in [-0.15, -0.1) is 0 Å². The van der Waals surface area contributed by atoms with Crippen LogP contribution in [0.4, 0.5) is 4.79 Å². The number of carboxylic acid groups (broad SMARTS) is 1. The summed E-state index contributed by atoms with van der Waals surface area (Å²) in [5.41, 5.74) is 2.26. The van der Waals surface area contributed by atoms with Gasteiger partial charge in [0.25, 0.3) is 0 Å². The summed E-state index contributed by atoms with van der Waals surface area (Å²) in [7, 11) is 0. The molecule has 2 rings (SSSR count). The first kappa shape index (κ1) is 16.5. The zero-order chi connectivity index (χ0) is 16.5. The van der Waals surface area contributed by atoms with Crippen molar-refractivity contribution in [3.05, 3.63) is 71.3 Å². The van der Waals surface area contributed by atoms with Crippen LogP contribution in [0.3, 0.4) is 0 Å². The van der Waals surface area contributed by atoms with Crippen LogP contribution in [0, 0.1) is 0 Å². The van der Waals surface area contributed by atoms with E-state index >= 15 is 0 Å². The number of carbonyl (C=O) groups is 2. The van der Waals surface area contributed by atoms with Crippen molar-refractivity contribution in [3.8, 4) is 0 Å². The topological polar surface area (TPSA) is 75.6 Å². The average molecular weight is 313 g/mol. The molecule has 0 aliphatic carbocycles. The van der Waals surface area contributed by atoms with E-state index in [0.29, 0.717) is 6.54 Å². The molecule has 2 aromatic rings. The van der Waals surface area contributed by atoms with Gasteiger partial charge in [-0.3, -0.25) is 0 Å². The summed E-state index contributed by atoms with van der Waals surface area (Å²) in [5.74, 6) is -0.931. The van der Waals surface area contributed by atoms with Crippen molar-refractivity contribution in [3.63, 3.8) is 0 Å². The van der Waals surface area contributed by atoms with E-state index in [1.54, 1.807) is 24.3 Å². The van der Waals surface area contributed by atoms with Gasteiger partial charge in [-0.05, 0) is 36.1 Å². The molecule has 0 fully saturated rings. The molecule has 5 nitrogen and oxygen atoms in total. The number of amides is 1. The maximum absolute atomic E-state index is 11.5. The molecule has 2 N–H and O–H groups in total. The molecule has 0 heterocycles. The fraction of sp³-hybridized carbons (Fsp3) is 0.222. The standard InChI is InChI=1S/C18H19NO4/c20-17(21)16-10-8-14(9-11-16)7-4-12-19-18(22)23-13-15-5-2-1-3-6-15/h1-3,5-6,8-11H,4,7,12-13H2,(H,19,22)(H,20,21). The Bertz CT molecular complexity index is 638. The van der Waals surface area contributed by atoms with Gasteiger partial charge in [0, 0.05) is 6.54 Å². The van der Waals surface area contributed by atoms with Gasteiger partial charge in [-0.1, -0.05) is 42.5 Å². The number of carboxylic acids is 1. The fourth-order valence-electron chi connectivity index (χ4n) is 2.07. The van der Waals surface area contributed by atoms with Crippen LogP contribution >= 0.6 is 0 Å². The van der Waals surface area contributed by atoms with E-state index < -0.39 is 12.1 Å². The molecule has 0 saturated heterocycles. The number of carbonyl (C=O) groups excluding carboxylic acids is 1. The van der Waals surface area contributed by atoms with Crippen molar-refractivity contribution >= 4 is 12.1 Å². The van der Waals surface area contributed by atoms with Gasteiger partial charge >= 0.3 is 12.1 Å². The Morgan fingerprint density at radius 2 is 1.65 bits per heavy atom. The van der Waals surface area contributed by atoms with Gasteiger partial charge in [0.05, 0.1) is 5.56 Å². The van der Waals surface area contributed by atoms with E-state index in [1.165, 1.54) is 0 Å².